The Kier molecular flexibility index (Phi) is 7.63. The number of ether oxygens (including phenoxy) is 2. The summed E-state index contributed by atoms with van der Waals surface area (Å²) in [5.74, 6) is 0.938. The van der Waals surface area contributed by atoms with Gasteiger partial charge in [0.1, 0.15) is 0 Å². The molecule has 2 aromatic rings. The van der Waals surface area contributed by atoms with Gasteiger partial charge in [0.25, 0.3) is 0 Å². The number of methoxy groups -OCH3 is 2. The van der Waals surface area contributed by atoms with Gasteiger partial charge >= 0.3 is 0 Å². The molecule has 0 aliphatic carbocycles. The third kappa shape index (κ3) is 5.19. The van der Waals surface area contributed by atoms with Crippen LogP contribution >= 0.6 is 24.0 Å². The van der Waals surface area contributed by atoms with E-state index in [-0.39, 0.29) is 29.7 Å². The van der Waals surface area contributed by atoms with Crippen molar-refractivity contribution in [2.24, 2.45) is 10.7 Å². The van der Waals surface area contributed by atoms with Crippen molar-refractivity contribution in [3.63, 3.8) is 0 Å². The monoisotopic (exact) mass is 443 g/mol. The molecule has 0 saturated heterocycles. The average Bonchev–Trinajstić information content (AvgIpc) is 2.56. The Morgan fingerprint density at radius 3 is 2.17 bits per heavy atom. The number of hydrogen-bond donors (Lipinski definition) is 3. The fraction of sp³-hybridized carbons (Fsp3) is 0.235. The van der Waals surface area contributed by atoms with Gasteiger partial charge < -0.3 is 25.6 Å². The molecule has 0 spiro atoms. The molecule has 0 unspecified atom stereocenters. The quantitative estimate of drug-likeness (QED) is 0.375. The summed E-state index contributed by atoms with van der Waals surface area (Å²) in [6.07, 6.45) is 0. The van der Waals surface area contributed by atoms with Crippen molar-refractivity contribution in [1.82, 2.24) is 0 Å². The highest BCUT2D eigenvalue weighted by Gasteiger charge is 2.10. The Morgan fingerprint density at radius 1 is 1.12 bits per heavy atom. The third-order valence-electron chi connectivity index (χ3n) is 3.30. The first-order valence-electron chi connectivity index (χ1n) is 7.11. The molecule has 0 aliphatic rings. The summed E-state index contributed by atoms with van der Waals surface area (Å²) < 4.78 is 10.2. The maximum Gasteiger partial charge on any atom is 0.200 e. The number of anilines is 1. The summed E-state index contributed by atoms with van der Waals surface area (Å²) in [7, 11) is 2.96. The number of halogens is 1. The lowest BCUT2D eigenvalue weighted by atomic mass is 10.2. The van der Waals surface area contributed by atoms with Crippen molar-refractivity contribution < 1.29 is 14.6 Å². The zero-order valence-electron chi connectivity index (χ0n) is 13.9. The van der Waals surface area contributed by atoms with Crippen LogP contribution in [0.25, 0.3) is 0 Å². The first kappa shape index (κ1) is 19.9. The smallest absolute Gasteiger partial charge is 0.200 e. The van der Waals surface area contributed by atoms with Crippen molar-refractivity contribution in [3.8, 4) is 17.2 Å². The van der Waals surface area contributed by atoms with Crippen LogP contribution in [0.5, 0.6) is 17.2 Å². The van der Waals surface area contributed by atoms with E-state index in [1.165, 1.54) is 19.8 Å². The second-order valence-corrected chi connectivity index (χ2v) is 5.04. The topological polar surface area (TPSA) is 89.1 Å². The summed E-state index contributed by atoms with van der Waals surface area (Å²) >= 11 is 0. The predicted octanol–water partition coefficient (Wildman–Crippen LogP) is 3.26. The van der Waals surface area contributed by atoms with Gasteiger partial charge in [-0.3, -0.25) is 0 Å². The predicted molar refractivity (Wildman–Crippen MR) is 107 cm³/mol. The summed E-state index contributed by atoms with van der Waals surface area (Å²) in [5, 5.41) is 12.9. The number of nitrogens with two attached hydrogens (primary N) is 1. The van der Waals surface area contributed by atoms with Crippen LogP contribution in [0.2, 0.25) is 0 Å². The molecule has 130 valence electrons. The number of phenolic OH excluding ortho intramolecular Hbond substituents is 1. The zero-order chi connectivity index (χ0) is 16.8. The lowest BCUT2D eigenvalue weighted by molar-refractivity contribution is 0.339. The molecule has 7 heteroatoms. The minimum absolute atomic E-state index is 0. The Hall–Kier alpha value is -2.16. The molecule has 0 fully saturated rings. The summed E-state index contributed by atoms with van der Waals surface area (Å²) in [6, 6.07) is 11.2. The number of hydrogen-bond acceptors (Lipinski definition) is 4. The van der Waals surface area contributed by atoms with E-state index < -0.39 is 0 Å². The SMILES string of the molecule is COc1cc(CN=C(N)Nc2ccc(C)cc2)cc(OC)c1O.I. The van der Waals surface area contributed by atoms with Crippen LogP contribution in [0.15, 0.2) is 41.4 Å². The Labute approximate surface area is 158 Å². The maximum absolute atomic E-state index is 9.89. The molecule has 0 atom stereocenters. The van der Waals surface area contributed by atoms with Gasteiger partial charge in [-0.1, -0.05) is 17.7 Å². The van der Waals surface area contributed by atoms with E-state index in [2.05, 4.69) is 10.3 Å². The zero-order valence-corrected chi connectivity index (χ0v) is 16.2. The van der Waals surface area contributed by atoms with Crippen LogP contribution < -0.4 is 20.5 Å². The first-order valence-corrected chi connectivity index (χ1v) is 7.11. The maximum atomic E-state index is 9.89. The van der Waals surface area contributed by atoms with Crippen molar-refractivity contribution in [2.45, 2.75) is 13.5 Å². The molecule has 4 N–H and O–H groups in total. The Bertz CT molecular complexity index is 678. The van der Waals surface area contributed by atoms with E-state index in [4.69, 9.17) is 15.2 Å². The second kappa shape index (κ2) is 9.21. The van der Waals surface area contributed by atoms with Crippen molar-refractivity contribution in [2.75, 3.05) is 19.5 Å². The van der Waals surface area contributed by atoms with Crippen LogP contribution in [0.3, 0.4) is 0 Å². The van der Waals surface area contributed by atoms with Crippen LogP contribution in [0.4, 0.5) is 5.69 Å². The fourth-order valence-electron chi connectivity index (χ4n) is 2.04. The van der Waals surface area contributed by atoms with E-state index >= 15 is 0 Å². The third-order valence-corrected chi connectivity index (χ3v) is 3.30. The van der Waals surface area contributed by atoms with Gasteiger partial charge in [0.2, 0.25) is 5.75 Å². The molecule has 24 heavy (non-hydrogen) atoms. The first-order chi connectivity index (χ1) is 11.0. The fourth-order valence-corrected chi connectivity index (χ4v) is 2.04. The molecule has 0 heterocycles. The van der Waals surface area contributed by atoms with Gasteiger partial charge in [-0.05, 0) is 36.8 Å². The van der Waals surface area contributed by atoms with E-state index in [0.717, 1.165) is 11.3 Å². The van der Waals surface area contributed by atoms with Crippen molar-refractivity contribution in [1.29, 1.82) is 0 Å². The molecule has 0 aromatic heterocycles. The lowest BCUT2D eigenvalue weighted by Crippen LogP contribution is -2.22. The van der Waals surface area contributed by atoms with Crippen molar-refractivity contribution >= 4 is 35.6 Å². The second-order valence-electron chi connectivity index (χ2n) is 5.04. The molecular formula is C17H22IN3O3. The molecule has 2 aromatic carbocycles. The average molecular weight is 443 g/mol. The molecule has 0 aliphatic heterocycles. The van der Waals surface area contributed by atoms with Gasteiger partial charge in [0.05, 0.1) is 20.8 Å². The highest BCUT2D eigenvalue weighted by Crippen LogP contribution is 2.37. The molecular weight excluding hydrogens is 421 g/mol. The number of benzene rings is 2. The molecule has 6 nitrogen and oxygen atoms in total. The summed E-state index contributed by atoms with van der Waals surface area (Å²) in [5.41, 5.74) is 8.75. The van der Waals surface area contributed by atoms with Gasteiger partial charge in [-0.15, -0.1) is 24.0 Å². The van der Waals surface area contributed by atoms with Gasteiger partial charge in [0, 0.05) is 5.69 Å². The molecule has 0 amide bonds. The van der Waals surface area contributed by atoms with E-state index in [9.17, 15) is 5.11 Å². The molecule has 0 bridgehead atoms. The highest BCUT2D eigenvalue weighted by molar-refractivity contribution is 14.0. The van der Waals surface area contributed by atoms with Crippen molar-refractivity contribution in [3.05, 3.63) is 47.5 Å². The lowest BCUT2D eigenvalue weighted by Gasteiger charge is -2.10. The standard InChI is InChI=1S/C17H21N3O3.HI/c1-11-4-6-13(7-5-11)20-17(18)19-10-12-8-14(22-2)16(21)15(9-12)23-3;/h4-9,21H,10H2,1-3H3,(H3,18,19,20);1H. The van der Waals surface area contributed by atoms with Crippen LogP contribution in [-0.2, 0) is 6.54 Å². The van der Waals surface area contributed by atoms with Gasteiger partial charge in [0.15, 0.2) is 17.5 Å². The van der Waals surface area contributed by atoms with Gasteiger partial charge in [-0.2, -0.15) is 0 Å². The van der Waals surface area contributed by atoms with Crippen LogP contribution in [0, 0.1) is 6.92 Å². The molecule has 0 saturated carbocycles. The number of guanidine groups is 1. The molecule has 0 radical (unpaired) electrons. The number of phenols is 1. The number of aliphatic imine (C=N–C) groups is 1. The number of nitrogens with one attached hydrogen (secondary N) is 1. The number of aromatic hydroxyl groups is 1. The largest absolute Gasteiger partial charge is 0.502 e. The van der Waals surface area contributed by atoms with E-state index in [1.54, 1.807) is 12.1 Å². The number of aryl methyl sites for hydroxylation is 1. The normalized spacial score (nSPS) is 10.7. The van der Waals surface area contributed by atoms with Crippen LogP contribution in [0.1, 0.15) is 11.1 Å². The number of nitrogens with zero attached hydrogens (tertiary/aromatic N) is 1. The van der Waals surface area contributed by atoms with E-state index in [1.807, 2.05) is 31.2 Å². The minimum Gasteiger partial charge on any atom is -0.502 e. The minimum atomic E-state index is -0.0338. The van der Waals surface area contributed by atoms with Crippen LogP contribution in [-0.4, -0.2) is 25.3 Å². The van der Waals surface area contributed by atoms with Gasteiger partial charge in [-0.25, -0.2) is 4.99 Å². The summed E-state index contributed by atoms with van der Waals surface area (Å²) in [6.45, 7) is 2.35. The molecule has 2 rings (SSSR count). The summed E-state index contributed by atoms with van der Waals surface area (Å²) in [4.78, 5) is 4.28. The van der Waals surface area contributed by atoms with E-state index in [0.29, 0.717) is 24.0 Å². The highest BCUT2D eigenvalue weighted by atomic mass is 127. The Balaban J connectivity index is 0.00000288. The number of rotatable bonds is 5. The Morgan fingerprint density at radius 2 is 1.67 bits per heavy atom.